The minimum Gasteiger partial charge on any atom is -0.365 e. The fourth-order valence-corrected chi connectivity index (χ4v) is 2.35. The van der Waals surface area contributed by atoms with Gasteiger partial charge in [-0.05, 0) is 13.5 Å². The second-order valence-electron chi connectivity index (χ2n) is 3.13. The van der Waals surface area contributed by atoms with Crippen LogP contribution in [-0.4, -0.2) is 30.5 Å². The number of aromatic nitrogens is 1. The quantitative estimate of drug-likeness (QED) is 0.708. The molecule has 0 radical (unpaired) electrons. The smallest absolute Gasteiger partial charge is 0.182 e. The van der Waals surface area contributed by atoms with Gasteiger partial charge in [0.15, 0.2) is 5.13 Å². The fourth-order valence-electron chi connectivity index (χ4n) is 1.44. The molecule has 0 atom stereocenters. The van der Waals surface area contributed by atoms with E-state index in [1.165, 1.54) is 17.1 Å². The average molecular weight is 183 g/mol. The van der Waals surface area contributed by atoms with Crippen molar-refractivity contribution in [2.24, 2.45) is 0 Å². The third-order valence-corrected chi connectivity index (χ3v) is 3.31. The van der Waals surface area contributed by atoms with E-state index in [-0.39, 0.29) is 0 Å². The SMILES string of the molecule is CNc1nc2c(s1)CCN(C)C2. The standard InChI is InChI=1S/C8H13N3S/c1-9-8-10-6-5-11(2)4-3-7(6)12-8/h3-5H2,1-2H3,(H,9,10). The Hall–Kier alpha value is -0.610. The van der Waals surface area contributed by atoms with Gasteiger partial charge in [0.1, 0.15) is 0 Å². The van der Waals surface area contributed by atoms with Gasteiger partial charge in [-0.2, -0.15) is 0 Å². The first kappa shape index (κ1) is 8.01. The molecule has 0 aromatic carbocycles. The van der Waals surface area contributed by atoms with Crippen LogP contribution in [0.15, 0.2) is 0 Å². The largest absolute Gasteiger partial charge is 0.365 e. The van der Waals surface area contributed by atoms with Gasteiger partial charge in [0.2, 0.25) is 0 Å². The van der Waals surface area contributed by atoms with Crippen LogP contribution in [0.2, 0.25) is 0 Å². The predicted molar refractivity (Wildman–Crippen MR) is 51.7 cm³/mol. The van der Waals surface area contributed by atoms with Crippen LogP contribution in [-0.2, 0) is 13.0 Å². The molecule has 0 bridgehead atoms. The van der Waals surface area contributed by atoms with E-state index >= 15 is 0 Å². The van der Waals surface area contributed by atoms with E-state index in [1.807, 2.05) is 7.05 Å². The highest BCUT2D eigenvalue weighted by Gasteiger charge is 2.17. The minimum atomic E-state index is 1.01. The second kappa shape index (κ2) is 3.03. The van der Waals surface area contributed by atoms with E-state index in [2.05, 4.69) is 22.2 Å². The molecular weight excluding hydrogens is 170 g/mol. The first-order valence-corrected chi connectivity index (χ1v) is 4.96. The molecule has 4 heteroatoms. The van der Waals surface area contributed by atoms with Crippen molar-refractivity contribution in [1.82, 2.24) is 9.88 Å². The van der Waals surface area contributed by atoms with Crippen molar-refractivity contribution < 1.29 is 0 Å². The van der Waals surface area contributed by atoms with E-state index in [4.69, 9.17) is 0 Å². The molecule has 0 saturated heterocycles. The van der Waals surface area contributed by atoms with Gasteiger partial charge >= 0.3 is 0 Å². The maximum absolute atomic E-state index is 4.49. The van der Waals surface area contributed by atoms with Gasteiger partial charge in [-0.15, -0.1) is 11.3 Å². The molecule has 0 amide bonds. The Bertz CT molecular complexity index is 282. The molecule has 1 aromatic heterocycles. The van der Waals surface area contributed by atoms with Crippen LogP contribution in [0.5, 0.6) is 0 Å². The van der Waals surface area contributed by atoms with Crippen molar-refractivity contribution in [1.29, 1.82) is 0 Å². The van der Waals surface area contributed by atoms with Crippen LogP contribution in [0.4, 0.5) is 5.13 Å². The number of nitrogens with zero attached hydrogens (tertiary/aromatic N) is 2. The number of hydrogen-bond acceptors (Lipinski definition) is 4. The summed E-state index contributed by atoms with van der Waals surface area (Å²) < 4.78 is 0. The third kappa shape index (κ3) is 1.32. The Kier molecular flexibility index (Phi) is 2.02. The summed E-state index contributed by atoms with van der Waals surface area (Å²) in [6.45, 7) is 2.17. The van der Waals surface area contributed by atoms with Gasteiger partial charge in [-0.25, -0.2) is 4.98 Å². The zero-order chi connectivity index (χ0) is 8.55. The third-order valence-electron chi connectivity index (χ3n) is 2.13. The van der Waals surface area contributed by atoms with Crippen LogP contribution < -0.4 is 5.32 Å². The van der Waals surface area contributed by atoms with E-state index in [0.717, 1.165) is 18.1 Å². The van der Waals surface area contributed by atoms with Gasteiger partial charge in [-0.1, -0.05) is 0 Å². The van der Waals surface area contributed by atoms with Gasteiger partial charge in [0, 0.05) is 25.0 Å². The number of fused-ring (bicyclic) bond motifs is 1. The van der Waals surface area contributed by atoms with Crippen molar-refractivity contribution in [3.63, 3.8) is 0 Å². The van der Waals surface area contributed by atoms with Crippen LogP contribution in [0.25, 0.3) is 0 Å². The Labute approximate surface area is 76.4 Å². The Balaban J connectivity index is 2.28. The molecule has 66 valence electrons. The summed E-state index contributed by atoms with van der Waals surface area (Å²) in [6.07, 6.45) is 1.16. The van der Waals surface area contributed by atoms with E-state index in [9.17, 15) is 0 Å². The molecule has 0 fully saturated rings. The molecule has 2 heterocycles. The summed E-state index contributed by atoms with van der Waals surface area (Å²) in [4.78, 5) is 8.25. The van der Waals surface area contributed by atoms with E-state index in [1.54, 1.807) is 11.3 Å². The Morgan fingerprint density at radius 2 is 2.42 bits per heavy atom. The second-order valence-corrected chi connectivity index (χ2v) is 4.21. The van der Waals surface area contributed by atoms with Gasteiger partial charge in [0.05, 0.1) is 5.69 Å². The first-order chi connectivity index (χ1) is 5.79. The van der Waals surface area contributed by atoms with Crippen LogP contribution in [0.1, 0.15) is 10.6 Å². The topological polar surface area (TPSA) is 28.2 Å². The lowest BCUT2D eigenvalue weighted by molar-refractivity contribution is 0.311. The fraction of sp³-hybridized carbons (Fsp3) is 0.625. The molecule has 0 unspecified atom stereocenters. The molecule has 1 aliphatic heterocycles. The van der Waals surface area contributed by atoms with E-state index in [0.29, 0.717) is 0 Å². The number of rotatable bonds is 1. The summed E-state index contributed by atoms with van der Waals surface area (Å²) >= 11 is 1.79. The molecule has 0 saturated carbocycles. The maximum Gasteiger partial charge on any atom is 0.182 e. The predicted octanol–water partition coefficient (Wildman–Crippen LogP) is 1.17. The Morgan fingerprint density at radius 1 is 1.58 bits per heavy atom. The zero-order valence-electron chi connectivity index (χ0n) is 7.42. The van der Waals surface area contributed by atoms with Crippen LogP contribution >= 0.6 is 11.3 Å². The molecule has 3 nitrogen and oxygen atoms in total. The van der Waals surface area contributed by atoms with Crippen molar-refractivity contribution in [3.8, 4) is 0 Å². The molecule has 0 spiro atoms. The summed E-state index contributed by atoms with van der Waals surface area (Å²) in [6, 6.07) is 0. The van der Waals surface area contributed by atoms with Crippen molar-refractivity contribution >= 4 is 16.5 Å². The maximum atomic E-state index is 4.49. The summed E-state index contributed by atoms with van der Waals surface area (Å²) in [5.74, 6) is 0. The molecule has 1 aromatic rings. The lowest BCUT2D eigenvalue weighted by Gasteiger charge is -2.20. The molecule has 1 aliphatic rings. The molecule has 1 N–H and O–H groups in total. The summed E-state index contributed by atoms with van der Waals surface area (Å²) in [5, 5.41) is 4.14. The molecule has 0 aliphatic carbocycles. The van der Waals surface area contributed by atoms with Gasteiger partial charge in [-0.3, -0.25) is 0 Å². The highest BCUT2D eigenvalue weighted by molar-refractivity contribution is 7.15. The molecule has 12 heavy (non-hydrogen) atoms. The Morgan fingerprint density at radius 3 is 3.17 bits per heavy atom. The zero-order valence-corrected chi connectivity index (χ0v) is 8.24. The average Bonchev–Trinajstić information content (AvgIpc) is 2.46. The minimum absolute atomic E-state index is 1.01. The molecular formula is C8H13N3S. The lowest BCUT2D eigenvalue weighted by atomic mass is 10.2. The monoisotopic (exact) mass is 183 g/mol. The first-order valence-electron chi connectivity index (χ1n) is 4.14. The number of anilines is 1. The lowest BCUT2D eigenvalue weighted by Crippen LogP contribution is -2.25. The van der Waals surface area contributed by atoms with Crippen molar-refractivity contribution in [3.05, 3.63) is 10.6 Å². The summed E-state index contributed by atoms with van der Waals surface area (Å²) in [5.41, 5.74) is 1.26. The number of nitrogens with one attached hydrogen (secondary N) is 1. The van der Waals surface area contributed by atoms with Gasteiger partial charge < -0.3 is 10.2 Å². The summed E-state index contributed by atoms with van der Waals surface area (Å²) in [7, 11) is 4.06. The number of thiazole rings is 1. The highest BCUT2D eigenvalue weighted by atomic mass is 32.1. The van der Waals surface area contributed by atoms with Gasteiger partial charge in [0.25, 0.3) is 0 Å². The normalized spacial score (nSPS) is 17.5. The van der Waals surface area contributed by atoms with Crippen molar-refractivity contribution in [2.75, 3.05) is 26.0 Å². The molecule has 2 rings (SSSR count). The number of likely N-dealkylation sites (N-methyl/N-ethyl adjacent to an activating group) is 1. The van der Waals surface area contributed by atoms with E-state index < -0.39 is 0 Å². The highest BCUT2D eigenvalue weighted by Crippen LogP contribution is 2.26. The van der Waals surface area contributed by atoms with Crippen LogP contribution in [0.3, 0.4) is 0 Å². The van der Waals surface area contributed by atoms with Crippen LogP contribution in [0, 0.1) is 0 Å². The van der Waals surface area contributed by atoms with Crippen molar-refractivity contribution in [2.45, 2.75) is 13.0 Å². The number of hydrogen-bond donors (Lipinski definition) is 1.